The zero-order valence-corrected chi connectivity index (χ0v) is 49.0. The van der Waals surface area contributed by atoms with Crippen molar-refractivity contribution in [3.8, 4) is 0 Å². The zero-order chi connectivity index (χ0) is 52.2. The van der Waals surface area contributed by atoms with Gasteiger partial charge in [0.05, 0.1) is 0 Å². The number of unbranched alkanes of at least 4 members (excludes halogenated alkanes) is 48. The number of rotatable bonds is 61. The van der Waals surface area contributed by atoms with E-state index < -0.39 is 6.10 Å². The quantitative estimate of drug-likeness (QED) is 0.0261. The highest BCUT2D eigenvalue weighted by Gasteiger charge is 2.19. The molecule has 0 aliphatic carbocycles. The zero-order valence-electron chi connectivity index (χ0n) is 49.0. The van der Waals surface area contributed by atoms with Gasteiger partial charge in [0, 0.05) is 19.3 Å². The van der Waals surface area contributed by atoms with Crippen molar-refractivity contribution in [1.82, 2.24) is 0 Å². The number of hydrogen-bond acceptors (Lipinski definition) is 6. The van der Waals surface area contributed by atoms with Crippen molar-refractivity contribution in [2.24, 2.45) is 0 Å². The minimum absolute atomic E-state index is 0.0672. The molecule has 0 amide bonds. The summed E-state index contributed by atoms with van der Waals surface area (Å²) in [5.41, 5.74) is 0. The predicted molar refractivity (Wildman–Crippen MR) is 312 cm³/mol. The fraction of sp³-hybridized carbons (Fsp3) is 0.924. The smallest absolute Gasteiger partial charge is 0.306 e. The normalized spacial score (nSPS) is 12.0. The monoisotopic (exact) mass is 1010 g/mol. The number of carbonyl (C=O) groups excluding carboxylic acids is 3. The summed E-state index contributed by atoms with van der Waals surface area (Å²) in [6, 6.07) is 0. The van der Waals surface area contributed by atoms with Gasteiger partial charge in [-0.1, -0.05) is 322 Å². The Labute approximate surface area is 450 Å². The Morgan fingerprint density at radius 2 is 0.458 bits per heavy atom. The average Bonchev–Trinajstić information content (AvgIpc) is 3.38. The molecule has 6 nitrogen and oxygen atoms in total. The van der Waals surface area contributed by atoms with E-state index in [2.05, 4.69) is 32.9 Å². The van der Waals surface area contributed by atoms with Gasteiger partial charge in [-0.3, -0.25) is 14.4 Å². The molecule has 0 aliphatic rings. The van der Waals surface area contributed by atoms with Crippen LogP contribution in [-0.2, 0) is 28.6 Å². The maximum atomic E-state index is 12.8. The van der Waals surface area contributed by atoms with Crippen molar-refractivity contribution >= 4 is 17.9 Å². The van der Waals surface area contributed by atoms with E-state index in [1.54, 1.807) is 0 Å². The molecule has 0 saturated carbocycles. The number of allylic oxidation sites excluding steroid dienone is 2. The minimum Gasteiger partial charge on any atom is -0.462 e. The lowest BCUT2D eigenvalue weighted by Gasteiger charge is -2.18. The molecule has 0 saturated heterocycles. The molecule has 0 bridgehead atoms. The van der Waals surface area contributed by atoms with Crippen LogP contribution in [0.3, 0.4) is 0 Å². The molecule has 1 atom stereocenters. The number of carbonyl (C=O) groups is 3. The van der Waals surface area contributed by atoms with Crippen LogP contribution in [-0.4, -0.2) is 37.2 Å². The second-order valence-corrected chi connectivity index (χ2v) is 22.4. The standard InChI is InChI=1S/C66H126O6/c1-4-7-10-13-15-17-19-21-23-25-27-28-29-30-31-32-33-34-35-36-37-38-39-41-42-44-46-48-50-53-56-59-65(68)71-62-63(61-70-64(67)58-55-52-12-9-6-3)72-66(69)60-57-54-51-49-47-45-43-40-26-24-22-20-18-16-14-11-8-5-2/h24,26,63H,4-23,25,27-62H2,1-3H3/b26-24-. The Hall–Kier alpha value is -1.85. The Morgan fingerprint density at radius 1 is 0.264 bits per heavy atom. The first-order valence-electron chi connectivity index (χ1n) is 32.7. The summed E-state index contributed by atoms with van der Waals surface area (Å²) < 4.78 is 16.8. The van der Waals surface area contributed by atoms with Crippen LogP contribution in [0.2, 0.25) is 0 Å². The molecule has 0 aliphatic heterocycles. The van der Waals surface area contributed by atoms with Gasteiger partial charge >= 0.3 is 17.9 Å². The highest BCUT2D eigenvalue weighted by Crippen LogP contribution is 2.18. The van der Waals surface area contributed by atoms with Crippen molar-refractivity contribution < 1.29 is 28.6 Å². The van der Waals surface area contributed by atoms with Crippen molar-refractivity contribution in [3.05, 3.63) is 12.2 Å². The van der Waals surface area contributed by atoms with Crippen LogP contribution in [0.15, 0.2) is 12.2 Å². The lowest BCUT2D eigenvalue weighted by atomic mass is 10.0. The number of ether oxygens (including phenoxy) is 3. The van der Waals surface area contributed by atoms with Crippen LogP contribution in [0, 0.1) is 0 Å². The molecule has 72 heavy (non-hydrogen) atoms. The first-order chi connectivity index (χ1) is 35.5. The molecule has 0 spiro atoms. The van der Waals surface area contributed by atoms with Crippen LogP contribution in [0.25, 0.3) is 0 Å². The van der Waals surface area contributed by atoms with Crippen LogP contribution in [0.4, 0.5) is 0 Å². The molecule has 6 heteroatoms. The highest BCUT2D eigenvalue weighted by molar-refractivity contribution is 5.71. The topological polar surface area (TPSA) is 78.9 Å². The van der Waals surface area contributed by atoms with Crippen molar-refractivity contribution in [1.29, 1.82) is 0 Å². The van der Waals surface area contributed by atoms with Crippen LogP contribution >= 0.6 is 0 Å². The summed E-state index contributed by atoms with van der Waals surface area (Å²) in [4.78, 5) is 37.9. The highest BCUT2D eigenvalue weighted by atomic mass is 16.6. The summed E-state index contributed by atoms with van der Waals surface area (Å²) in [5, 5.41) is 0. The SMILES string of the molecule is CCCCCCCCC/C=C\CCCCCCCCCC(=O)OC(COC(=O)CCCCCCC)COC(=O)CCCCCCCCCCCCCCCCCCCCCCCCCCCCCCCCC. The maximum Gasteiger partial charge on any atom is 0.306 e. The second-order valence-electron chi connectivity index (χ2n) is 22.4. The van der Waals surface area contributed by atoms with Crippen LogP contribution in [0.1, 0.15) is 374 Å². The average molecular weight is 1020 g/mol. The third kappa shape index (κ3) is 59.0. The molecule has 0 aromatic rings. The van der Waals surface area contributed by atoms with E-state index in [9.17, 15) is 14.4 Å². The van der Waals surface area contributed by atoms with E-state index in [1.165, 1.54) is 270 Å². The van der Waals surface area contributed by atoms with E-state index in [4.69, 9.17) is 14.2 Å². The fourth-order valence-electron chi connectivity index (χ4n) is 10.1. The first kappa shape index (κ1) is 70.1. The summed E-state index contributed by atoms with van der Waals surface area (Å²) in [6.07, 6.45) is 72.9. The van der Waals surface area contributed by atoms with Gasteiger partial charge in [0.15, 0.2) is 6.10 Å². The van der Waals surface area contributed by atoms with Gasteiger partial charge in [0.25, 0.3) is 0 Å². The third-order valence-electron chi connectivity index (χ3n) is 15.0. The molecule has 0 N–H and O–H groups in total. The summed E-state index contributed by atoms with van der Waals surface area (Å²) >= 11 is 0. The van der Waals surface area contributed by atoms with E-state index >= 15 is 0 Å². The third-order valence-corrected chi connectivity index (χ3v) is 15.0. The molecule has 0 fully saturated rings. The molecular formula is C66H126O6. The Bertz CT molecular complexity index is 1120. The maximum absolute atomic E-state index is 12.8. The summed E-state index contributed by atoms with van der Waals surface area (Å²) in [6.45, 7) is 6.62. The second kappa shape index (κ2) is 61.7. The first-order valence-corrected chi connectivity index (χ1v) is 32.7. The molecule has 0 heterocycles. The van der Waals surface area contributed by atoms with Gasteiger partial charge in [0.1, 0.15) is 13.2 Å². The lowest BCUT2D eigenvalue weighted by molar-refractivity contribution is -0.167. The molecule has 0 rings (SSSR count). The van der Waals surface area contributed by atoms with Crippen molar-refractivity contribution in [2.45, 2.75) is 380 Å². The van der Waals surface area contributed by atoms with Gasteiger partial charge < -0.3 is 14.2 Å². The van der Waals surface area contributed by atoms with E-state index in [1.807, 2.05) is 0 Å². The van der Waals surface area contributed by atoms with E-state index in [-0.39, 0.29) is 31.1 Å². The Kier molecular flexibility index (Phi) is 60.1. The predicted octanol–water partition coefficient (Wildman–Crippen LogP) is 22.1. The van der Waals surface area contributed by atoms with Gasteiger partial charge in [0.2, 0.25) is 0 Å². The van der Waals surface area contributed by atoms with Crippen LogP contribution < -0.4 is 0 Å². The number of hydrogen-bond donors (Lipinski definition) is 0. The van der Waals surface area contributed by atoms with Crippen LogP contribution in [0.5, 0.6) is 0 Å². The van der Waals surface area contributed by atoms with Gasteiger partial charge in [-0.15, -0.1) is 0 Å². The van der Waals surface area contributed by atoms with Crippen molar-refractivity contribution in [3.63, 3.8) is 0 Å². The molecule has 1 unspecified atom stereocenters. The fourth-order valence-corrected chi connectivity index (χ4v) is 10.1. The largest absolute Gasteiger partial charge is 0.462 e. The molecule has 0 radical (unpaired) electrons. The molecular weight excluding hydrogens is 889 g/mol. The summed E-state index contributed by atoms with van der Waals surface area (Å²) in [5.74, 6) is -0.862. The minimum atomic E-state index is -0.765. The Balaban J connectivity index is 3.89. The number of esters is 3. The molecule has 426 valence electrons. The summed E-state index contributed by atoms with van der Waals surface area (Å²) in [7, 11) is 0. The molecule has 0 aromatic carbocycles. The Morgan fingerprint density at radius 3 is 0.694 bits per heavy atom. The van der Waals surface area contributed by atoms with Crippen molar-refractivity contribution in [2.75, 3.05) is 13.2 Å². The lowest BCUT2D eigenvalue weighted by Crippen LogP contribution is -2.30. The van der Waals surface area contributed by atoms with Gasteiger partial charge in [-0.05, 0) is 44.9 Å². The van der Waals surface area contributed by atoms with Gasteiger partial charge in [-0.2, -0.15) is 0 Å². The van der Waals surface area contributed by atoms with Gasteiger partial charge in [-0.25, -0.2) is 0 Å². The van der Waals surface area contributed by atoms with E-state index in [0.717, 1.165) is 64.2 Å². The molecule has 0 aromatic heterocycles. The van der Waals surface area contributed by atoms with E-state index in [0.29, 0.717) is 19.3 Å².